The number of sulfonamides is 1. The zero-order chi connectivity index (χ0) is 19.8. The second-order valence-electron chi connectivity index (χ2n) is 6.83. The highest BCUT2D eigenvalue weighted by molar-refractivity contribution is 7.89. The maximum atomic E-state index is 13.8. The Hall–Kier alpha value is -1.87. The standard InChI is InChI=1S/C18H22F3N3O2S/c1-2-24-17(18(19,20)21)15(12-6-4-3-5-7-12)16(23-24)13-8-10-14(11-9-13)27(22,25)26/h8-12H,2-7H2,1H3,(H2,22,25,26). The molecule has 1 aliphatic rings. The first-order valence-corrected chi connectivity index (χ1v) is 10.5. The molecule has 2 aromatic rings. The number of alkyl halides is 3. The van der Waals surface area contributed by atoms with Gasteiger partial charge < -0.3 is 0 Å². The lowest BCUT2D eigenvalue weighted by Gasteiger charge is -2.24. The Morgan fingerprint density at radius 1 is 1.15 bits per heavy atom. The summed E-state index contributed by atoms with van der Waals surface area (Å²) in [7, 11) is -3.87. The van der Waals surface area contributed by atoms with Crippen molar-refractivity contribution in [3.8, 4) is 11.3 Å². The van der Waals surface area contributed by atoms with E-state index in [1.807, 2.05) is 0 Å². The van der Waals surface area contributed by atoms with Crippen LogP contribution in [0.15, 0.2) is 29.2 Å². The Morgan fingerprint density at radius 3 is 2.22 bits per heavy atom. The van der Waals surface area contributed by atoms with Crippen LogP contribution in [0.5, 0.6) is 0 Å². The van der Waals surface area contributed by atoms with Crippen LogP contribution >= 0.6 is 0 Å². The van der Waals surface area contributed by atoms with Gasteiger partial charge in [0, 0.05) is 17.7 Å². The maximum absolute atomic E-state index is 13.8. The van der Waals surface area contributed by atoms with Gasteiger partial charge in [-0.05, 0) is 37.8 Å². The number of rotatable bonds is 4. The third kappa shape index (κ3) is 4.03. The van der Waals surface area contributed by atoms with E-state index < -0.39 is 21.9 Å². The minimum absolute atomic E-state index is 0.0866. The largest absolute Gasteiger partial charge is 0.433 e. The summed E-state index contributed by atoms with van der Waals surface area (Å²) in [4.78, 5) is -0.0866. The first kappa shape index (κ1) is 19.9. The van der Waals surface area contributed by atoms with Crippen molar-refractivity contribution >= 4 is 10.0 Å². The second-order valence-corrected chi connectivity index (χ2v) is 8.39. The average Bonchev–Trinajstić information content (AvgIpc) is 3.02. The van der Waals surface area contributed by atoms with Gasteiger partial charge in [0.1, 0.15) is 5.69 Å². The van der Waals surface area contributed by atoms with E-state index in [1.165, 1.54) is 24.3 Å². The van der Waals surface area contributed by atoms with Crippen molar-refractivity contribution in [1.29, 1.82) is 0 Å². The Bertz CT molecular complexity index is 913. The number of halogens is 3. The highest BCUT2D eigenvalue weighted by Gasteiger charge is 2.42. The molecule has 1 aliphatic carbocycles. The van der Waals surface area contributed by atoms with Crippen molar-refractivity contribution in [2.24, 2.45) is 5.14 Å². The van der Waals surface area contributed by atoms with Gasteiger partial charge in [-0.25, -0.2) is 13.6 Å². The van der Waals surface area contributed by atoms with Crippen molar-refractivity contribution in [2.75, 3.05) is 0 Å². The molecule has 0 aliphatic heterocycles. The summed E-state index contributed by atoms with van der Waals surface area (Å²) in [5, 5.41) is 9.35. The van der Waals surface area contributed by atoms with Crippen molar-refractivity contribution in [1.82, 2.24) is 9.78 Å². The summed E-state index contributed by atoms with van der Waals surface area (Å²) < 4.78 is 65.4. The van der Waals surface area contributed by atoms with E-state index in [0.29, 0.717) is 18.4 Å². The van der Waals surface area contributed by atoms with Crippen LogP contribution in [0.1, 0.15) is 56.2 Å². The molecule has 27 heavy (non-hydrogen) atoms. The molecule has 1 heterocycles. The first-order valence-electron chi connectivity index (χ1n) is 8.94. The number of nitrogens with two attached hydrogens (primary N) is 1. The summed E-state index contributed by atoms with van der Waals surface area (Å²) in [6.07, 6.45) is -0.305. The number of hydrogen-bond donors (Lipinski definition) is 1. The summed E-state index contributed by atoms with van der Waals surface area (Å²) in [6.45, 7) is 1.73. The molecule has 0 spiro atoms. The summed E-state index contributed by atoms with van der Waals surface area (Å²) in [5.74, 6) is -0.205. The third-order valence-electron chi connectivity index (χ3n) is 5.03. The minimum atomic E-state index is -4.51. The molecule has 0 unspecified atom stereocenters. The van der Waals surface area contributed by atoms with E-state index >= 15 is 0 Å². The fraction of sp³-hybridized carbons (Fsp3) is 0.500. The molecule has 9 heteroatoms. The lowest BCUT2D eigenvalue weighted by atomic mass is 9.82. The van der Waals surface area contributed by atoms with Crippen molar-refractivity contribution in [3.05, 3.63) is 35.5 Å². The zero-order valence-electron chi connectivity index (χ0n) is 15.0. The van der Waals surface area contributed by atoms with Gasteiger partial charge in [0.15, 0.2) is 0 Å². The molecular weight excluding hydrogens is 379 g/mol. The topological polar surface area (TPSA) is 78.0 Å². The highest BCUT2D eigenvalue weighted by Crippen LogP contribution is 2.45. The normalized spacial score (nSPS) is 16.6. The molecule has 1 aromatic carbocycles. The number of aromatic nitrogens is 2. The van der Waals surface area contributed by atoms with Gasteiger partial charge in [0.25, 0.3) is 0 Å². The van der Waals surface area contributed by atoms with E-state index in [-0.39, 0.29) is 28.6 Å². The molecule has 148 valence electrons. The maximum Gasteiger partial charge on any atom is 0.433 e. The molecule has 3 rings (SSSR count). The fourth-order valence-electron chi connectivity index (χ4n) is 3.80. The van der Waals surface area contributed by atoms with Gasteiger partial charge in [-0.1, -0.05) is 31.4 Å². The van der Waals surface area contributed by atoms with Crippen molar-refractivity contribution in [2.45, 2.75) is 62.6 Å². The fourth-order valence-corrected chi connectivity index (χ4v) is 4.31. The van der Waals surface area contributed by atoms with Gasteiger partial charge in [0.2, 0.25) is 10.0 Å². The Kier molecular flexibility index (Phi) is 5.36. The Balaban J connectivity index is 2.18. The summed E-state index contributed by atoms with van der Waals surface area (Å²) in [5.41, 5.74) is 0.271. The number of hydrogen-bond acceptors (Lipinski definition) is 3. The molecule has 0 atom stereocenters. The molecule has 1 aromatic heterocycles. The molecule has 2 N–H and O–H groups in total. The quantitative estimate of drug-likeness (QED) is 0.830. The van der Waals surface area contributed by atoms with E-state index in [0.717, 1.165) is 23.9 Å². The molecule has 0 saturated heterocycles. The summed E-state index contributed by atoms with van der Waals surface area (Å²) >= 11 is 0. The summed E-state index contributed by atoms with van der Waals surface area (Å²) in [6, 6.07) is 5.53. The lowest BCUT2D eigenvalue weighted by Crippen LogP contribution is -2.18. The van der Waals surface area contributed by atoms with Crippen molar-refractivity contribution in [3.63, 3.8) is 0 Å². The molecule has 5 nitrogen and oxygen atoms in total. The molecule has 1 fully saturated rings. The monoisotopic (exact) mass is 401 g/mol. The molecule has 0 amide bonds. The van der Waals surface area contributed by atoms with Crippen LogP contribution in [-0.2, 0) is 22.7 Å². The highest BCUT2D eigenvalue weighted by atomic mass is 32.2. The zero-order valence-corrected chi connectivity index (χ0v) is 15.8. The Labute approximate surface area is 156 Å². The van der Waals surface area contributed by atoms with Crippen LogP contribution in [-0.4, -0.2) is 18.2 Å². The third-order valence-corrected chi connectivity index (χ3v) is 5.96. The van der Waals surface area contributed by atoms with Gasteiger partial charge >= 0.3 is 6.18 Å². The number of nitrogens with zero attached hydrogens (tertiary/aromatic N) is 2. The van der Waals surface area contributed by atoms with Crippen LogP contribution < -0.4 is 5.14 Å². The van der Waals surface area contributed by atoms with Crippen LogP contribution in [0.2, 0.25) is 0 Å². The van der Waals surface area contributed by atoms with Crippen LogP contribution in [0.3, 0.4) is 0 Å². The number of aryl methyl sites for hydroxylation is 1. The lowest BCUT2D eigenvalue weighted by molar-refractivity contribution is -0.145. The Morgan fingerprint density at radius 2 is 1.74 bits per heavy atom. The smallest absolute Gasteiger partial charge is 0.260 e. The van der Waals surface area contributed by atoms with E-state index in [2.05, 4.69) is 5.10 Å². The molecular formula is C18H22F3N3O2S. The SMILES string of the molecule is CCn1nc(-c2ccc(S(N)(=O)=O)cc2)c(C2CCCCC2)c1C(F)(F)F. The van der Waals surface area contributed by atoms with Crippen molar-refractivity contribution < 1.29 is 21.6 Å². The number of benzene rings is 1. The first-order chi connectivity index (χ1) is 12.6. The predicted molar refractivity (Wildman–Crippen MR) is 95.5 cm³/mol. The molecule has 0 bridgehead atoms. The van der Waals surface area contributed by atoms with Crippen LogP contribution in [0, 0.1) is 0 Å². The van der Waals surface area contributed by atoms with Gasteiger partial charge in [-0.3, -0.25) is 4.68 Å². The molecule has 0 radical (unpaired) electrons. The second kappa shape index (κ2) is 7.27. The van der Waals surface area contributed by atoms with Crippen LogP contribution in [0.4, 0.5) is 13.2 Å². The predicted octanol–water partition coefficient (Wildman–Crippen LogP) is 4.28. The van der Waals surface area contributed by atoms with Gasteiger partial charge in [-0.15, -0.1) is 0 Å². The number of primary sulfonamides is 1. The average molecular weight is 401 g/mol. The van der Waals surface area contributed by atoms with Crippen LogP contribution in [0.25, 0.3) is 11.3 Å². The van der Waals surface area contributed by atoms with E-state index in [9.17, 15) is 21.6 Å². The van der Waals surface area contributed by atoms with E-state index in [1.54, 1.807) is 6.92 Å². The minimum Gasteiger partial charge on any atom is -0.260 e. The van der Waals surface area contributed by atoms with Gasteiger partial charge in [0.05, 0.1) is 10.6 Å². The molecule has 1 saturated carbocycles. The van der Waals surface area contributed by atoms with E-state index in [4.69, 9.17) is 5.14 Å². The van der Waals surface area contributed by atoms with Gasteiger partial charge in [-0.2, -0.15) is 18.3 Å².